The Hall–Kier alpha value is -1.06. The molecule has 0 bridgehead atoms. The van der Waals surface area contributed by atoms with Crippen LogP contribution in [0.3, 0.4) is 0 Å². The number of nitrogens with two attached hydrogens (primary N) is 1. The van der Waals surface area contributed by atoms with Gasteiger partial charge in [0.05, 0.1) is 18.2 Å². The van der Waals surface area contributed by atoms with Crippen molar-refractivity contribution in [3.8, 4) is 5.75 Å². The minimum Gasteiger partial charge on any atom is -0.491 e. The Balaban J connectivity index is 2.95. The molecule has 108 valence electrons. The lowest BCUT2D eigenvalue weighted by Gasteiger charge is -2.34. The van der Waals surface area contributed by atoms with Gasteiger partial charge in [-0.25, -0.2) is 0 Å². The molecule has 0 saturated carbocycles. The Morgan fingerprint density at radius 2 is 1.79 bits per heavy atom. The third kappa shape index (κ3) is 4.51. The molecule has 0 radical (unpaired) electrons. The predicted molar refractivity (Wildman–Crippen MR) is 79.4 cm³/mol. The van der Waals surface area contributed by atoms with Gasteiger partial charge < -0.3 is 15.2 Å². The lowest BCUT2D eigenvalue weighted by molar-refractivity contribution is -0.00248. The molecule has 1 aromatic rings. The highest BCUT2D eigenvalue weighted by molar-refractivity contribution is 5.31. The van der Waals surface area contributed by atoms with Crippen LogP contribution in [-0.4, -0.2) is 19.3 Å². The van der Waals surface area contributed by atoms with E-state index in [1.54, 1.807) is 7.11 Å². The Kier molecular flexibility index (Phi) is 5.39. The zero-order valence-corrected chi connectivity index (χ0v) is 12.9. The number of benzene rings is 1. The molecular weight excluding hydrogens is 238 g/mol. The molecule has 2 N–H and O–H groups in total. The van der Waals surface area contributed by atoms with E-state index in [1.165, 1.54) is 0 Å². The van der Waals surface area contributed by atoms with Gasteiger partial charge in [0.1, 0.15) is 5.75 Å². The van der Waals surface area contributed by atoms with E-state index in [9.17, 15) is 0 Å². The monoisotopic (exact) mass is 265 g/mol. The van der Waals surface area contributed by atoms with Crippen LogP contribution in [-0.2, 0) is 4.74 Å². The van der Waals surface area contributed by atoms with Crippen LogP contribution in [0.1, 0.15) is 46.2 Å². The first-order valence-corrected chi connectivity index (χ1v) is 6.80. The Bertz CT molecular complexity index is 396. The Labute approximate surface area is 117 Å². The van der Waals surface area contributed by atoms with Crippen molar-refractivity contribution in [1.29, 1.82) is 0 Å². The average Bonchev–Trinajstić information content (AvgIpc) is 2.27. The third-order valence-electron chi connectivity index (χ3n) is 3.05. The fraction of sp³-hybridized carbons (Fsp3) is 0.625. The first kappa shape index (κ1) is 16.0. The van der Waals surface area contributed by atoms with Gasteiger partial charge >= 0.3 is 0 Å². The molecule has 1 aromatic carbocycles. The zero-order valence-electron chi connectivity index (χ0n) is 12.9. The number of hydrogen-bond acceptors (Lipinski definition) is 3. The molecule has 2 unspecified atom stereocenters. The van der Waals surface area contributed by atoms with Gasteiger partial charge in [0.15, 0.2) is 0 Å². The molecule has 0 saturated heterocycles. The topological polar surface area (TPSA) is 44.5 Å². The van der Waals surface area contributed by atoms with E-state index in [1.807, 2.05) is 38.1 Å². The molecule has 0 heterocycles. The molecule has 0 amide bonds. The van der Waals surface area contributed by atoms with Crippen molar-refractivity contribution in [2.45, 2.75) is 52.9 Å². The average molecular weight is 265 g/mol. The van der Waals surface area contributed by atoms with E-state index in [-0.39, 0.29) is 23.7 Å². The highest BCUT2D eigenvalue weighted by Gasteiger charge is 2.31. The molecule has 19 heavy (non-hydrogen) atoms. The van der Waals surface area contributed by atoms with Crippen molar-refractivity contribution in [1.82, 2.24) is 0 Å². The summed E-state index contributed by atoms with van der Waals surface area (Å²) in [7, 11) is 1.71. The van der Waals surface area contributed by atoms with Crippen molar-refractivity contribution in [3.63, 3.8) is 0 Å². The largest absolute Gasteiger partial charge is 0.491 e. The van der Waals surface area contributed by atoms with E-state index in [0.717, 1.165) is 11.3 Å². The van der Waals surface area contributed by atoms with Crippen molar-refractivity contribution < 1.29 is 9.47 Å². The van der Waals surface area contributed by atoms with Gasteiger partial charge in [0, 0.05) is 7.11 Å². The van der Waals surface area contributed by atoms with Gasteiger partial charge in [-0.2, -0.15) is 0 Å². The third-order valence-corrected chi connectivity index (χ3v) is 3.05. The van der Waals surface area contributed by atoms with Crippen molar-refractivity contribution in [2.24, 2.45) is 11.1 Å². The summed E-state index contributed by atoms with van der Waals surface area (Å²) in [4.78, 5) is 0. The van der Waals surface area contributed by atoms with Gasteiger partial charge in [0.2, 0.25) is 0 Å². The summed E-state index contributed by atoms with van der Waals surface area (Å²) in [5.74, 6) is 0.853. The van der Waals surface area contributed by atoms with E-state index in [2.05, 4.69) is 20.8 Å². The molecule has 0 aliphatic rings. The Morgan fingerprint density at radius 3 is 2.26 bits per heavy atom. The number of methoxy groups -OCH3 is 1. The van der Waals surface area contributed by atoms with Crippen LogP contribution in [0, 0.1) is 5.41 Å². The number of ether oxygens (including phenoxy) is 2. The van der Waals surface area contributed by atoms with E-state index >= 15 is 0 Å². The minimum absolute atomic E-state index is 0.0108. The summed E-state index contributed by atoms with van der Waals surface area (Å²) in [6.45, 7) is 10.4. The van der Waals surface area contributed by atoms with Crippen molar-refractivity contribution in [3.05, 3.63) is 29.8 Å². The van der Waals surface area contributed by atoms with Gasteiger partial charge in [-0.05, 0) is 37.0 Å². The van der Waals surface area contributed by atoms with E-state index < -0.39 is 0 Å². The maximum absolute atomic E-state index is 6.36. The first-order chi connectivity index (χ1) is 8.75. The standard InChI is InChI=1S/C16H27NO2/c1-11(2)19-13-9-7-8-12(10-13)14(17)15(18-6)16(3,4)5/h7-11,14-15H,17H2,1-6H3. The lowest BCUT2D eigenvalue weighted by Crippen LogP contribution is -2.38. The summed E-state index contributed by atoms with van der Waals surface area (Å²) >= 11 is 0. The summed E-state index contributed by atoms with van der Waals surface area (Å²) in [5, 5.41) is 0. The van der Waals surface area contributed by atoms with Crippen LogP contribution in [0.5, 0.6) is 5.75 Å². The van der Waals surface area contributed by atoms with Crippen LogP contribution in [0.25, 0.3) is 0 Å². The quantitative estimate of drug-likeness (QED) is 0.885. The molecule has 2 atom stereocenters. The highest BCUT2D eigenvalue weighted by Crippen LogP contribution is 2.32. The molecule has 0 aliphatic heterocycles. The molecule has 3 nitrogen and oxygen atoms in total. The first-order valence-electron chi connectivity index (χ1n) is 6.80. The molecular formula is C16H27NO2. The fourth-order valence-electron chi connectivity index (χ4n) is 2.28. The second-order valence-corrected chi connectivity index (χ2v) is 6.29. The zero-order chi connectivity index (χ0) is 14.6. The van der Waals surface area contributed by atoms with E-state index in [4.69, 9.17) is 15.2 Å². The summed E-state index contributed by atoms with van der Waals surface area (Å²) in [6.07, 6.45) is 0.120. The Morgan fingerprint density at radius 1 is 1.16 bits per heavy atom. The minimum atomic E-state index is -0.166. The summed E-state index contributed by atoms with van der Waals surface area (Å²) in [6, 6.07) is 7.79. The van der Waals surface area contributed by atoms with Crippen LogP contribution < -0.4 is 10.5 Å². The van der Waals surface area contributed by atoms with Crippen molar-refractivity contribution >= 4 is 0 Å². The highest BCUT2D eigenvalue weighted by atomic mass is 16.5. The van der Waals surface area contributed by atoms with Crippen molar-refractivity contribution in [2.75, 3.05) is 7.11 Å². The molecule has 0 fully saturated rings. The van der Waals surface area contributed by atoms with E-state index in [0.29, 0.717) is 0 Å². The normalized spacial score (nSPS) is 15.4. The molecule has 0 aromatic heterocycles. The second-order valence-electron chi connectivity index (χ2n) is 6.29. The summed E-state index contributed by atoms with van der Waals surface area (Å²) < 4.78 is 11.3. The molecule has 0 spiro atoms. The maximum atomic E-state index is 6.36. The lowest BCUT2D eigenvalue weighted by atomic mass is 9.82. The maximum Gasteiger partial charge on any atom is 0.120 e. The van der Waals surface area contributed by atoms with Gasteiger partial charge in [0.25, 0.3) is 0 Å². The van der Waals surface area contributed by atoms with Crippen LogP contribution >= 0.6 is 0 Å². The smallest absolute Gasteiger partial charge is 0.120 e. The van der Waals surface area contributed by atoms with Gasteiger partial charge in [-0.15, -0.1) is 0 Å². The molecule has 3 heteroatoms. The van der Waals surface area contributed by atoms with Crippen LogP contribution in [0.4, 0.5) is 0 Å². The molecule has 1 rings (SSSR count). The molecule has 0 aliphatic carbocycles. The predicted octanol–water partition coefficient (Wildman–Crippen LogP) is 3.53. The van der Waals surface area contributed by atoms with Crippen LogP contribution in [0.2, 0.25) is 0 Å². The second kappa shape index (κ2) is 6.40. The number of hydrogen-bond donors (Lipinski definition) is 1. The summed E-state index contributed by atoms with van der Waals surface area (Å²) in [5.41, 5.74) is 7.39. The SMILES string of the molecule is COC(C(N)c1cccc(OC(C)C)c1)C(C)(C)C. The van der Waals surface area contributed by atoms with Gasteiger partial charge in [-0.3, -0.25) is 0 Å². The van der Waals surface area contributed by atoms with Gasteiger partial charge in [-0.1, -0.05) is 32.9 Å². The number of rotatable bonds is 5. The fourth-order valence-corrected chi connectivity index (χ4v) is 2.28. The van der Waals surface area contributed by atoms with Crippen LogP contribution in [0.15, 0.2) is 24.3 Å².